The molecule has 1 aromatic heterocycles. The van der Waals surface area contributed by atoms with Gasteiger partial charge in [0.1, 0.15) is 5.82 Å². The van der Waals surface area contributed by atoms with Gasteiger partial charge >= 0.3 is 0 Å². The van der Waals surface area contributed by atoms with E-state index in [9.17, 15) is 9.59 Å². The number of anilines is 1. The first-order valence-corrected chi connectivity index (χ1v) is 8.49. The summed E-state index contributed by atoms with van der Waals surface area (Å²) in [6.45, 7) is 3.42. The quantitative estimate of drug-likeness (QED) is 0.651. The Balaban J connectivity index is 1.64. The van der Waals surface area contributed by atoms with Gasteiger partial charge in [-0.3, -0.25) is 9.59 Å². The molecule has 1 aliphatic carbocycles. The number of aromatic nitrogens is 3. The number of hydrogen-bond acceptors (Lipinski definition) is 5. The van der Waals surface area contributed by atoms with E-state index < -0.39 is 0 Å². The number of rotatable bonds is 6. The van der Waals surface area contributed by atoms with Crippen LogP contribution in [-0.2, 0) is 4.79 Å². The number of para-hydroxylation sites is 1. The van der Waals surface area contributed by atoms with E-state index in [0.717, 1.165) is 23.8 Å². The Hall–Kier alpha value is -2.15. The zero-order chi connectivity index (χ0) is 16.4. The van der Waals surface area contributed by atoms with Crippen LogP contribution >= 0.6 is 11.8 Å². The molecule has 1 fully saturated rings. The first-order chi connectivity index (χ1) is 11.1. The lowest BCUT2D eigenvalue weighted by Gasteiger charge is -2.09. The fourth-order valence-electron chi connectivity index (χ4n) is 2.42. The fraction of sp³-hybridized carbons (Fsp3) is 0.375. The third-order valence-electron chi connectivity index (χ3n) is 3.66. The number of nitrogens with zero attached hydrogens (tertiary/aromatic N) is 3. The molecule has 1 amide bonds. The van der Waals surface area contributed by atoms with Gasteiger partial charge in [0.15, 0.2) is 10.9 Å². The summed E-state index contributed by atoms with van der Waals surface area (Å²) in [6.07, 6.45) is 2.29. The molecule has 23 heavy (non-hydrogen) atoms. The predicted molar refractivity (Wildman–Crippen MR) is 88.8 cm³/mol. The largest absolute Gasteiger partial charge is 0.325 e. The van der Waals surface area contributed by atoms with Gasteiger partial charge < -0.3 is 9.88 Å². The molecule has 3 rings (SSSR count). The summed E-state index contributed by atoms with van der Waals surface area (Å²) in [5.41, 5.74) is 1.06. The number of ketones is 1. The molecular formula is C16H18N4O2S. The van der Waals surface area contributed by atoms with Crippen molar-refractivity contribution in [3.05, 3.63) is 35.7 Å². The Kier molecular flexibility index (Phi) is 4.47. The highest BCUT2D eigenvalue weighted by atomic mass is 32.2. The summed E-state index contributed by atoms with van der Waals surface area (Å²) in [5, 5.41) is 11.8. The van der Waals surface area contributed by atoms with Crippen molar-refractivity contribution in [1.82, 2.24) is 14.8 Å². The maximum Gasteiger partial charge on any atom is 0.234 e. The third kappa shape index (κ3) is 3.61. The molecule has 0 saturated heterocycles. The first kappa shape index (κ1) is 15.7. The van der Waals surface area contributed by atoms with E-state index in [1.807, 2.05) is 6.92 Å². The summed E-state index contributed by atoms with van der Waals surface area (Å²) in [6, 6.07) is 7.49. The van der Waals surface area contributed by atoms with Crippen molar-refractivity contribution in [1.29, 1.82) is 0 Å². The summed E-state index contributed by atoms with van der Waals surface area (Å²) in [4.78, 5) is 23.7. The molecule has 0 bridgehead atoms. The van der Waals surface area contributed by atoms with Crippen LogP contribution in [-0.4, -0.2) is 32.2 Å². The standard InChI is InChI=1S/C16H18N4O2S/c1-10(21)13-5-3-4-6-14(13)17-15(22)9-23-16-19-18-11(2)20(16)12-7-8-12/h3-6,12H,7-9H2,1-2H3,(H,17,22). The minimum atomic E-state index is -0.160. The topological polar surface area (TPSA) is 76.9 Å². The minimum Gasteiger partial charge on any atom is -0.325 e. The van der Waals surface area contributed by atoms with Crippen LogP contribution < -0.4 is 5.32 Å². The normalized spacial score (nSPS) is 13.8. The van der Waals surface area contributed by atoms with E-state index in [1.165, 1.54) is 18.7 Å². The van der Waals surface area contributed by atoms with Crippen LogP contribution in [0.15, 0.2) is 29.4 Å². The van der Waals surface area contributed by atoms with Crippen molar-refractivity contribution in [3.8, 4) is 0 Å². The van der Waals surface area contributed by atoms with Crippen LogP contribution in [0.25, 0.3) is 0 Å². The SMILES string of the molecule is CC(=O)c1ccccc1NC(=O)CSc1nnc(C)n1C1CC1. The number of carbonyl (C=O) groups excluding carboxylic acids is 2. The van der Waals surface area contributed by atoms with E-state index in [1.54, 1.807) is 24.3 Å². The number of benzene rings is 1. The Morgan fingerprint density at radius 2 is 2.04 bits per heavy atom. The molecule has 0 atom stereocenters. The molecule has 0 spiro atoms. The van der Waals surface area contributed by atoms with Gasteiger partial charge in [0.25, 0.3) is 0 Å². The van der Waals surface area contributed by atoms with Gasteiger partial charge in [-0.25, -0.2) is 0 Å². The predicted octanol–water partition coefficient (Wildman–Crippen LogP) is 2.85. The lowest BCUT2D eigenvalue weighted by atomic mass is 10.1. The maximum atomic E-state index is 12.2. The highest BCUT2D eigenvalue weighted by Gasteiger charge is 2.28. The van der Waals surface area contributed by atoms with E-state index in [2.05, 4.69) is 20.1 Å². The third-order valence-corrected chi connectivity index (χ3v) is 4.60. The van der Waals surface area contributed by atoms with E-state index in [4.69, 9.17) is 0 Å². The van der Waals surface area contributed by atoms with E-state index >= 15 is 0 Å². The second-order valence-corrected chi connectivity index (χ2v) is 6.51. The molecule has 0 aliphatic heterocycles. The zero-order valence-corrected chi connectivity index (χ0v) is 13.9. The smallest absolute Gasteiger partial charge is 0.234 e. The van der Waals surface area contributed by atoms with Gasteiger partial charge in [-0.15, -0.1) is 10.2 Å². The van der Waals surface area contributed by atoms with Gasteiger partial charge in [0, 0.05) is 11.6 Å². The average molecular weight is 330 g/mol. The van der Waals surface area contributed by atoms with Crippen molar-refractivity contribution >= 4 is 29.1 Å². The lowest BCUT2D eigenvalue weighted by Crippen LogP contribution is -2.16. The monoisotopic (exact) mass is 330 g/mol. The van der Waals surface area contributed by atoms with Crippen LogP contribution in [0.3, 0.4) is 0 Å². The minimum absolute atomic E-state index is 0.0716. The Morgan fingerprint density at radius 1 is 1.30 bits per heavy atom. The Bertz CT molecular complexity index is 752. The van der Waals surface area contributed by atoms with Crippen LogP contribution in [0, 0.1) is 6.92 Å². The molecule has 120 valence electrons. The molecule has 1 saturated carbocycles. The van der Waals surface area contributed by atoms with Gasteiger partial charge in [-0.2, -0.15) is 0 Å². The van der Waals surface area contributed by atoms with E-state index in [-0.39, 0.29) is 17.4 Å². The molecule has 1 N–H and O–H groups in total. The van der Waals surface area contributed by atoms with Crippen molar-refractivity contribution in [3.63, 3.8) is 0 Å². The second kappa shape index (κ2) is 6.54. The summed E-state index contributed by atoms with van der Waals surface area (Å²) < 4.78 is 2.10. The molecule has 7 heteroatoms. The molecule has 6 nitrogen and oxygen atoms in total. The maximum absolute atomic E-state index is 12.2. The van der Waals surface area contributed by atoms with Crippen LogP contribution in [0.2, 0.25) is 0 Å². The molecular weight excluding hydrogens is 312 g/mol. The molecule has 1 heterocycles. The van der Waals surface area contributed by atoms with Crippen molar-refractivity contribution in [2.24, 2.45) is 0 Å². The number of Topliss-reactive ketones (excluding diaryl/α,β-unsaturated/α-hetero) is 1. The Labute approximate surface area is 138 Å². The fourth-order valence-corrected chi connectivity index (χ4v) is 3.27. The number of nitrogens with one attached hydrogen (secondary N) is 1. The van der Waals surface area contributed by atoms with Crippen LogP contribution in [0.1, 0.15) is 42.0 Å². The summed E-state index contributed by atoms with van der Waals surface area (Å²) in [5.74, 6) is 0.888. The van der Waals surface area contributed by atoms with Gasteiger partial charge in [-0.1, -0.05) is 23.9 Å². The molecule has 0 unspecified atom stereocenters. The molecule has 0 radical (unpaired) electrons. The van der Waals surface area contributed by atoms with Crippen molar-refractivity contribution in [2.45, 2.75) is 37.9 Å². The van der Waals surface area contributed by atoms with Gasteiger partial charge in [0.2, 0.25) is 5.91 Å². The number of carbonyl (C=O) groups is 2. The average Bonchev–Trinajstić information content (AvgIpc) is 3.29. The number of thioether (sulfide) groups is 1. The van der Waals surface area contributed by atoms with Gasteiger partial charge in [0.05, 0.1) is 11.4 Å². The van der Waals surface area contributed by atoms with Crippen LogP contribution in [0.4, 0.5) is 5.69 Å². The molecule has 1 aliphatic rings. The number of hydrogen-bond donors (Lipinski definition) is 1. The first-order valence-electron chi connectivity index (χ1n) is 7.50. The number of aryl methyl sites for hydroxylation is 1. The van der Waals surface area contributed by atoms with Crippen LogP contribution in [0.5, 0.6) is 0 Å². The summed E-state index contributed by atoms with van der Waals surface area (Å²) in [7, 11) is 0. The van der Waals surface area contributed by atoms with Gasteiger partial charge in [-0.05, 0) is 38.8 Å². The van der Waals surface area contributed by atoms with Crippen molar-refractivity contribution in [2.75, 3.05) is 11.1 Å². The lowest BCUT2D eigenvalue weighted by molar-refractivity contribution is -0.113. The zero-order valence-electron chi connectivity index (χ0n) is 13.1. The van der Waals surface area contributed by atoms with E-state index in [0.29, 0.717) is 17.3 Å². The molecule has 1 aromatic carbocycles. The van der Waals surface area contributed by atoms with Crippen molar-refractivity contribution < 1.29 is 9.59 Å². The Morgan fingerprint density at radius 3 is 2.74 bits per heavy atom. The number of amides is 1. The highest BCUT2D eigenvalue weighted by Crippen LogP contribution is 2.38. The molecule has 2 aromatic rings. The summed E-state index contributed by atoms with van der Waals surface area (Å²) >= 11 is 1.37. The highest BCUT2D eigenvalue weighted by molar-refractivity contribution is 7.99. The second-order valence-electron chi connectivity index (χ2n) is 5.57.